The van der Waals surface area contributed by atoms with Crippen LogP contribution in [0.4, 0.5) is 10.1 Å². The Morgan fingerprint density at radius 2 is 1.71 bits per heavy atom. The number of anilines is 1. The second-order valence-corrected chi connectivity index (χ2v) is 9.18. The van der Waals surface area contributed by atoms with Crippen molar-refractivity contribution in [2.24, 2.45) is 0 Å². The highest BCUT2D eigenvalue weighted by Crippen LogP contribution is 2.25. The molecule has 9 heteroatoms. The van der Waals surface area contributed by atoms with Crippen LogP contribution in [-0.4, -0.2) is 45.3 Å². The molecule has 1 aliphatic heterocycles. The minimum absolute atomic E-state index is 0.0249. The van der Waals surface area contributed by atoms with Gasteiger partial charge in [-0.25, -0.2) is 9.37 Å². The van der Waals surface area contributed by atoms with Crippen molar-refractivity contribution in [2.45, 2.75) is 31.5 Å². The average molecular weight is 514 g/mol. The smallest absolute Gasteiger partial charge is 0.247 e. The lowest BCUT2D eigenvalue weighted by molar-refractivity contribution is -0.136. The minimum Gasteiger partial charge on any atom is -0.457 e. The first kappa shape index (κ1) is 25.2. The molecule has 0 spiro atoms. The molecule has 8 nitrogen and oxygen atoms in total. The molecule has 0 bridgehead atoms. The molecule has 194 valence electrons. The van der Waals surface area contributed by atoms with Gasteiger partial charge in [0.15, 0.2) is 0 Å². The molecule has 0 radical (unpaired) electrons. The number of rotatable bonds is 9. The van der Waals surface area contributed by atoms with Crippen molar-refractivity contribution in [1.82, 2.24) is 20.2 Å². The van der Waals surface area contributed by atoms with E-state index in [1.165, 1.54) is 18.5 Å². The maximum atomic E-state index is 13.3. The minimum atomic E-state index is -0.617. The Balaban J connectivity index is 1.24. The van der Waals surface area contributed by atoms with Crippen LogP contribution in [0.2, 0.25) is 0 Å². The van der Waals surface area contributed by atoms with Crippen LogP contribution in [0.25, 0.3) is 0 Å². The summed E-state index contributed by atoms with van der Waals surface area (Å²) < 4.78 is 18.8. The number of aromatic nitrogens is 2. The predicted molar refractivity (Wildman–Crippen MR) is 141 cm³/mol. The van der Waals surface area contributed by atoms with Gasteiger partial charge in [0.05, 0.1) is 12.7 Å². The van der Waals surface area contributed by atoms with E-state index in [2.05, 4.69) is 20.6 Å². The summed E-state index contributed by atoms with van der Waals surface area (Å²) in [5.41, 5.74) is 2.42. The summed E-state index contributed by atoms with van der Waals surface area (Å²) in [5, 5.41) is 6.42. The van der Waals surface area contributed by atoms with Crippen LogP contribution in [0.15, 0.2) is 91.4 Å². The number of ether oxygens (including phenoxy) is 1. The predicted octanol–water partition coefficient (Wildman–Crippen LogP) is 4.28. The molecule has 1 saturated heterocycles. The van der Waals surface area contributed by atoms with Gasteiger partial charge in [0.2, 0.25) is 11.8 Å². The van der Waals surface area contributed by atoms with Crippen molar-refractivity contribution in [1.29, 1.82) is 0 Å². The van der Waals surface area contributed by atoms with Gasteiger partial charge in [-0.05, 0) is 60.5 Å². The highest BCUT2D eigenvalue weighted by Gasteiger charge is 2.39. The lowest BCUT2D eigenvalue weighted by Gasteiger charge is -2.23. The van der Waals surface area contributed by atoms with Gasteiger partial charge in [0.25, 0.3) is 0 Å². The second kappa shape index (κ2) is 11.7. The Morgan fingerprint density at radius 1 is 1.00 bits per heavy atom. The normalized spacial score (nSPS) is 16.8. The fourth-order valence-electron chi connectivity index (χ4n) is 4.48. The van der Waals surface area contributed by atoms with E-state index < -0.39 is 6.04 Å². The number of benzene rings is 3. The molecule has 2 unspecified atom stereocenters. The number of likely N-dealkylation sites (tertiary alicyclic amines) is 1. The number of nitrogens with one attached hydrogen (secondary N) is 3. The lowest BCUT2D eigenvalue weighted by Crippen LogP contribution is -2.44. The SMILES string of the molecule is O=C(Nc1ccc(Oc2ccc(F)cc2)cc1)C1CC(NCc2ccccc2)CN1C(=O)Cc1cnc[nH]1. The van der Waals surface area contributed by atoms with Crippen LogP contribution < -0.4 is 15.4 Å². The van der Waals surface area contributed by atoms with E-state index >= 15 is 0 Å². The van der Waals surface area contributed by atoms with Crippen LogP contribution in [0, 0.1) is 5.82 Å². The van der Waals surface area contributed by atoms with Gasteiger partial charge in [0.1, 0.15) is 23.4 Å². The van der Waals surface area contributed by atoms with E-state index in [0.717, 1.165) is 5.56 Å². The van der Waals surface area contributed by atoms with Gasteiger partial charge in [-0.15, -0.1) is 0 Å². The van der Waals surface area contributed by atoms with Gasteiger partial charge in [-0.1, -0.05) is 30.3 Å². The summed E-state index contributed by atoms with van der Waals surface area (Å²) in [4.78, 5) is 35.1. The number of carbonyl (C=O) groups is 2. The molecule has 3 N–H and O–H groups in total. The highest BCUT2D eigenvalue weighted by molar-refractivity contribution is 5.98. The Morgan fingerprint density at radius 3 is 2.39 bits per heavy atom. The molecule has 38 heavy (non-hydrogen) atoms. The van der Waals surface area contributed by atoms with Crippen LogP contribution in [0.3, 0.4) is 0 Å². The first-order chi connectivity index (χ1) is 18.5. The standard InChI is InChI=1S/C29H28FN5O3/c30-21-6-10-25(11-7-21)38-26-12-8-22(9-13-26)34-29(37)27-14-24(32-16-20-4-2-1-3-5-20)18-35(27)28(36)15-23-17-31-19-33-23/h1-13,17,19,24,27,32H,14-16,18H2,(H,31,33)(H,34,37). The third-order valence-electron chi connectivity index (χ3n) is 6.43. The summed E-state index contributed by atoms with van der Waals surface area (Å²) in [6.07, 6.45) is 3.79. The largest absolute Gasteiger partial charge is 0.457 e. The number of amides is 2. The maximum absolute atomic E-state index is 13.3. The van der Waals surface area contributed by atoms with E-state index in [1.54, 1.807) is 47.5 Å². The van der Waals surface area contributed by atoms with Crippen molar-refractivity contribution >= 4 is 17.5 Å². The van der Waals surface area contributed by atoms with Crippen molar-refractivity contribution in [3.8, 4) is 11.5 Å². The average Bonchev–Trinajstić information content (AvgIpc) is 3.61. The molecule has 2 heterocycles. The molecule has 1 aromatic heterocycles. The number of halogens is 1. The first-order valence-corrected chi connectivity index (χ1v) is 12.4. The van der Waals surface area contributed by atoms with Gasteiger partial charge in [-0.2, -0.15) is 0 Å². The molecular formula is C29H28FN5O3. The molecule has 0 aliphatic carbocycles. The van der Waals surface area contributed by atoms with E-state index in [1.807, 2.05) is 30.3 Å². The molecule has 5 rings (SSSR count). The summed E-state index contributed by atoms with van der Waals surface area (Å²) in [6, 6.07) is 22.0. The van der Waals surface area contributed by atoms with Gasteiger partial charge < -0.3 is 25.3 Å². The van der Waals surface area contributed by atoms with Crippen molar-refractivity contribution in [2.75, 3.05) is 11.9 Å². The number of hydrogen-bond acceptors (Lipinski definition) is 5. The third kappa shape index (κ3) is 6.43. The van der Waals surface area contributed by atoms with Gasteiger partial charge in [-0.3, -0.25) is 9.59 Å². The van der Waals surface area contributed by atoms with E-state index in [-0.39, 0.29) is 30.1 Å². The maximum Gasteiger partial charge on any atom is 0.247 e. The molecule has 4 aromatic rings. The topological polar surface area (TPSA) is 99.3 Å². The monoisotopic (exact) mass is 513 g/mol. The number of H-pyrrole nitrogens is 1. The Labute approximate surface area is 219 Å². The fraction of sp³-hybridized carbons (Fsp3) is 0.207. The van der Waals surface area contributed by atoms with E-state index in [9.17, 15) is 14.0 Å². The van der Waals surface area contributed by atoms with Crippen molar-refractivity contribution < 1.29 is 18.7 Å². The zero-order valence-electron chi connectivity index (χ0n) is 20.6. The third-order valence-corrected chi connectivity index (χ3v) is 6.43. The van der Waals surface area contributed by atoms with Crippen molar-refractivity contribution in [3.05, 3.63) is 108 Å². The molecular weight excluding hydrogens is 485 g/mol. The molecule has 2 atom stereocenters. The Bertz CT molecular complexity index is 1350. The van der Waals surface area contributed by atoms with Crippen LogP contribution in [0.1, 0.15) is 17.7 Å². The number of hydrogen-bond donors (Lipinski definition) is 3. The zero-order valence-corrected chi connectivity index (χ0v) is 20.6. The summed E-state index contributed by atoms with van der Waals surface area (Å²) >= 11 is 0. The fourth-order valence-corrected chi connectivity index (χ4v) is 4.48. The van der Waals surface area contributed by atoms with Crippen LogP contribution in [0.5, 0.6) is 11.5 Å². The molecule has 1 fully saturated rings. The lowest BCUT2D eigenvalue weighted by atomic mass is 10.1. The first-order valence-electron chi connectivity index (χ1n) is 12.4. The quantitative estimate of drug-likeness (QED) is 0.310. The molecule has 1 aliphatic rings. The Hall–Kier alpha value is -4.50. The molecule has 0 saturated carbocycles. The van der Waals surface area contributed by atoms with Crippen LogP contribution in [-0.2, 0) is 22.6 Å². The highest BCUT2D eigenvalue weighted by atomic mass is 19.1. The van der Waals surface area contributed by atoms with Crippen molar-refractivity contribution in [3.63, 3.8) is 0 Å². The summed E-state index contributed by atoms with van der Waals surface area (Å²) in [7, 11) is 0. The summed E-state index contributed by atoms with van der Waals surface area (Å²) in [5.74, 6) is 0.337. The summed E-state index contributed by atoms with van der Waals surface area (Å²) in [6.45, 7) is 1.08. The molecule has 2 amide bonds. The van der Waals surface area contributed by atoms with Gasteiger partial charge in [0, 0.05) is 36.7 Å². The number of carbonyl (C=O) groups excluding carboxylic acids is 2. The second-order valence-electron chi connectivity index (χ2n) is 9.18. The van der Waals surface area contributed by atoms with Gasteiger partial charge >= 0.3 is 0 Å². The van der Waals surface area contributed by atoms with Crippen LogP contribution >= 0.6 is 0 Å². The zero-order chi connectivity index (χ0) is 26.3. The van der Waals surface area contributed by atoms with E-state index in [4.69, 9.17) is 4.74 Å². The number of aromatic amines is 1. The molecule has 3 aromatic carbocycles. The number of imidazole rings is 1. The Kier molecular flexibility index (Phi) is 7.75. The van der Waals surface area contributed by atoms with E-state index in [0.29, 0.717) is 42.4 Å². The number of nitrogens with zero attached hydrogens (tertiary/aromatic N) is 2.